The van der Waals surface area contributed by atoms with E-state index in [1.807, 2.05) is 48.2 Å². The molecule has 0 N–H and O–H groups in total. The molecule has 6 rings (SSSR count). The van der Waals surface area contributed by atoms with Gasteiger partial charge in [-0.05, 0) is 61.1 Å². The van der Waals surface area contributed by atoms with Crippen LogP contribution >= 0.6 is 22.9 Å². The maximum Gasteiger partial charge on any atom is 0.256 e. The van der Waals surface area contributed by atoms with Gasteiger partial charge in [-0.3, -0.25) is 4.79 Å². The maximum absolute atomic E-state index is 13.6. The number of nitrogens with zero attached hydrogens (tertiary/aromatic N) is 6. The third-order valence-electron chi connectivity index (χ3n) is 6.50. The smallest absolute Gasteiger partial charge is 0.256 e. The van der Waals surface area contributed by atoms with Crippen molar-refractivity contribution in [2.45, 2.75) is 13.3 Å². The zero-order valence-electron chi connectivity index (χ0n) is 18.2. The van der Waals surface area contributed by atoms with Crippen molar-refractivity contribution in [2.75, 3.05) is 31.1 Å². The first kappa shape index (κ1) is 20.6. The highest BCUT2D eigenvalue weighted by atomic mass is 35.5. The van der Waals surface area contributed by atoms with Crippen LogP contribution in [0.2, 0.25) is 5.02 Å². The summed E-state index contributed by atoms with van der Waals surface area (Å²) in [7, 11) is 0. The Bertz CT molecular complexity index is 1320. The van der Waals surface area contributed by atoms with Crippen molar-refractivity contribution in [2.24, 2.45) is 11.8 Å². The highest BCUT2D eigenvalue weighted by Crippen LogP contribution is 2.36. The van der Waals surface area contributed by atoms with Crippen LogP contribution in [0.1, 0.15) is 22.3 Å². The predicted octanol–water partition coefficient (Wildman–Crippen LogP) is 4.44. The van der Waals surface area contributed by atoms with Gasteiger partial charge in [0.05, 0.1) is 33.9 Å². The summed E-state index contributed by atoms with van der Waals surface area (Å²) in [5.41, 5.74) is 3.44. The fourth-order valence-electron chi connectivity index (χ4n) is 5.12. The van der Waals surface area contributed by atoms with Gasteiger partial charge in [-0.1, -0.05) is 29.0 Å². The van der Waals surface area contributed by atoms with Crippen molar-refractivity contribution < 1.29 is 4.79 Å². The first-order valence-electron chi connectivity index (χ1n) is 11.1. The van der Waals surface area contributed by atoms with Crippen molar-refractivity contribution in [3.8, 4) is 5.69 Å². The van der Waals surface area contributed by atoms with Crippen molar-refractivity contribution in [1.82, 2.24) is 24.9 Å². The summed E-state index contributed by atoms with van der Waals surface area (Å²) in [6.07, 6.45) is 4.41. The minimum atomic E-state index is 0.0556. The standard InChI is InChI=1S/C24H23ClN6OS/c1-15-2-4-19(21(8-15)31-26-6-7-27-31)23(32)29-11-16-9-17(12-29)14-30(13-16)24-28-20-5-3-18(25)10-22(20)33-24/h2-8,10,16-17H,9,11-14H2,1H3. The second-order valence-corrected chi connectivity index (χ2v) is 10.5. The largest absolute Gasteiger partial charge is 0.347 e. The van der Waals surface area contributed by atoms with E-state index < -0.39 is 0 Å². The predicted molar refractivity (Wildman–Crippen MR) is 130 cm³/mol. The number of aromatic nitrogens is 4. The van der Waals surface area contributed by atoms with Gasteiger partial charge in [-0.2, -0.15) is 15.0 Å². The molecule has 2 aliphatic rings. The number of hydrogen-bond acceptors (Lipinski definition) is 6. The Balaban J connectivity index is 1.22. The van der Waals surface area contributed by atoms with E-state index in [4.69, 9.17) is 16.6 Å². The van der Waals surface area contributed by atoms with Gasteiger partial charge in [0.1, 0.15) is 0 Å². The van der Waals surface area contributed by atoms with E-state index in [-0.39, 0.29) is 5.91 Å². The average Bonchev–Trinajstić information content (AvgIpc) is 3.48. The fourth-order valence-corrected chi connectivity index (χ4v) is 6.38. The topological polar surface area (TPSA) is 67.2 Å². The molecule has 2 unspecified atom stereocenters. The third-order valence-corrected chi connectivity index (χ3v) is 7.81. The second kappa shape index (κ2) is 8.11. The molecular weight excluding hydrogens is 456 g/mol. The Hall–Kier alpha value is -2.97. The molecule has 0 spiro atoms. The van der Waals surface area contributed by atoms with Crippen molar-refractivity contribution in [3.63, 3.8) is 0 Å². The number of thiazole rings is 1. The first-order valence-corrected chi connectivity index (χ1v) is 12.3. The molecule has 0 aliphatic carbocycles. The number of fused-ring (bicyclic) bond motifs is 3. The van der Waals surface area contributed by atoms with E-state index in [0.29, 0.717) is 17.4 Å². The van der Waals surface area contributed by atoms with E-state index in [0.717, 1.165) is 64.2 Å². The number of carbonyl (C=O) groups excluding carboxylic acids is 1. The number of rotatable bonds is 3. The number of aryl methyl sites for hydroxylation is 1. The zero-order chi connectivity index (χ0) is 22.5. The fraction of sp³-hybridized carbons (Fsp3) is 0.333. The van der Waals surface area contributed by atoms with Gasteiger partial charge < -0.3 is 9.80 Å². The molecular formula is C24H23ClN6OS. The molecule has 2 atom stereocenters. The highest BCUT2D eigenvalue weighted by Gasteiger charge is 2.37. The monoisotopic (exact) mass is 478 g/mol. The Morgan fingerprint density at radius 2 is 1.79 bits per heavy atom. The molecule has 2 bridgehead atoms. The van der Waals surface area contributed by atoms with E-state index in [1.54, 1.807) is 23.7 Å². The lowest BCUT2D eigenvalue weighted by molar-refractivity contribution is 0.0564. The van der Waals surface area contributed by atoms with Crippen LogP contribution in [0.25, 0.3) is 15.9 Å². The van der Waals surface area contributed by atoms with Crippen LogP contribution in [0.5, 0.6) is 0 Å². The minimum Gasteiger partial charge on any atom is -0.347 e. The number of anilines is 1. The van der Waals surface area contributed by atoms with Crippen LogP contribution in [-0.2, 0) is 0 Å². The lowest BCUT2D eigenvalue weighted by Gasteiger charge is -2.45. The van der Waals surface area contributed by atoms with Gasteiger partial charge in [-0.25, -0.2) is 4.98 Å². The lowest BCUT2D eigenvalue weighted by Crippen LogP contribution is -2.54. The molecule has 2 saturated heterocycles. The lowest BCUT2D eigenvalue weighted by atomic mass is 9.84. The summed E-state index contributed by atoms with van der Waals surface area (Å²) < 4.78 is 1.11. The number of likely N-dealkylation sites (tertiary alicyclic amines) is 1. The number of hydrogen-bond donors (Lipinski definition) is 0. The zero-order valence-corrected chi connectivity index (χ0v) is 19.8. The molecule has 2 aliphatic heterocycles. The Morgan fingerprint density at radius 1 is 1.03 bits per heavy atom. The summed E-state index contributed by atoms with van der Waals surface area (Å²) in [4.78, 5) is 24.4. The van der Waals surface area contributed by atoms with Crippen LogP contribution in [0.3, 0.4) is 0 Å². The first-order chi connectivity index (χ1) is 16.0. The quantitative estimate of drug-likeness (QED) is 0.435. The number of benzene rings is 2. The van der Waals surface area contributed by atoms with E-state index in [2.05, 4.69) is 15.1 Å². The summed E-state index contributed by atoms with van der Waals surface area (Å²) >= 11 is 7.85. The van der Waals surface area contributed by atoms with Gasteiger partial charge in [0.15, 0.2) is 5.13 Å². The normalized spacial score (nSPS) is 20.4. The van der Waals surface area contributed by atoms with Crippen LogP contribution in [0.4, 0.5) is 5.13 Å². The van der Waals surface area contributed by atoms with Crippen molar-refractivity contribution in [3.05, 3.63) is 64.9 Å². The highest BCUT2D eigenvalue weighted by molar-refractivity contribution is 7.22. The minimum absolute atomic E-state index is 0.0556. The average molecular weight is 479 g/mol. The Morgan fingerprint density at radius 3 is 2.55 bits per heavy atom. The van der Waals surface area contributed by atoms with Crippen LogP contribution in [0, 0.1) is 18.8 Å². The van der Waals surface area contributed by atoms with Crippen LogP contribution in [0.15, 0.2) is 48.8 Å². The Kier molecular flexibility index (Phi) is 5.07. The van der Waals surface area contributed by atoms with Gasteiger partial charge in [-0.15, -0.1) is 0 Å². The van der Waals surface area contributed by atoms with Gasteiger partial charge in [0, 0.05) is 31.2 Å². The second-order valence-electron chi connectivity index (χ2n) is 9.03. The molecule has 2 aromatic heterocycles. The number of halogens is 1. The van der Waals surface area contributed by atoms with E-state index in [9.17, 15) is 4.79 Å². The SMILES string of the molecule is Cc1ccc(C(=O)N2CC3CC(C2)CN(c2nc4ccc(Cl)cc4s2)C3)c(-n2nccn2)c1. The molecule has 33 heavy (non-hydrogen) atoms. The van der Waals surface area contributed by atoms with Crippen LogP contribution < -0.4 is 4.90 Å². The molecule has 0 radical (unpaired) electrons. The molecule has 4 heterocycles. The van der Waals surface area contributed by atoms with Crippen LogP contribution in [-0.4, -0.2) is 57.0 Å². The summed E-state index contributed by atoms with van der Waals surface area (Å²) in [6, 6.07) is 11.7. The molecule has 4 aromatic rings. The number of amides is 1. The molecule has 0 saturated carbocycles. The van der Waals surface area contributed by atoms with Gasteiger partial charge in [0.25, 0.3) is 5.91 Å². The third kappa shape index (κ3) is 3.87. The summed E-state index contributed by atoms with van der Waals surface area (Å²) in [6.45, 7) is 5.34. The summed E-state index contributed by atoms with van der Waals surface area (Å²) in [5, 5.41) is 10.3. The summed E-state index contributed by atoms with van der Waals surface area (Å²) in [5.74, 6) is 0.905. The molecule has 1 amide bonds. The maximum atomic E-state index is 13.6. The number of carbonyl (C=O) groups is 1. The Labute approximate surface area is 200 Å². The molecule has 7 nitrogen and oxygen atoms in total. The number of piperidine rings is 2. The van der Waals surface area contributed by atoms with Gasteiger partial charge >= 0.3 is 0 Å². The molecule has 168 valence electrons. The molecule has 2 fully saturated rings. The molecule has 2 aromatic carbocycles. The van der Waals surface area contributed by atoms with Crippen molar-refractivity contribution in [1.29, 1.82) is 0 Å². The van der Waals surface area contributed by atoms with Crippen molar-refractivity contribution >= 4 is 44.2 Å². The van der Waals surface area contributed by atoms with E-state index in [1.165, 1.54) is 4.80 Å². The van der Waals surface area contributed by atoms with Gasteiger partial charge in [0.2, 0.25) is 0 Å². The van der Waals surface area contributed by atoms with E-state index >= 15 is 0 Å². The molecule has 9 heteroatoms.